The van der Waals surface area contributed by atoms with E-state index in [4.69, 9.17) is 4.74 Å². The lowest BCUT2D eigenvalue weighted by molar-refractivity contribution is -0.148. The number of aliphatic hydroxyl groups excluding tert-OH is 2. The topological polar surface area (TPSA) is 95.9 Å². The van der Waals surface area contributed by atoms with Gasteiger partial charge in [0.1, 0.15) is 6.10 Å². The molecule has 0 radical (unpaired) electrons. The third kappa shape index (κ3) is 46.6. The third-order valence-electron chi connectivity index (χ3n) is 11.0. The van der Waals surface area contributed by atoms with Crippen molar-refractivity contribution in [3.8, 4) is 0 Å². The van der Waals surface area contributed by atoms with Crippen LogP contribution in [0.25, 0.3) is 0 Å². The first-order valence-corrected chi connectivity index (χ1v) is 26.3. The Labute approximate surface area is 400 Å². The van der Waals surface area contributed by atoms with Crippen LogP contribution in [0.5, 0.6) is 0 Å². The van der Waals surface area contributed by atoms with Gasteiger partial charge in [-0.1, -0.05) is 226 Å². The molecule has 3 atom stereocenters. The molecule has 0 fully saturated rings. The van der Waals surface area contributed by atoms with Gasteiger partial charge < -0.3 is 20.3 Å². The Balaban J connectivity index is 4.79. The minimum absolute atomic E-state index is 0.0670. The standard InChI is InChI=1S/C59H97NO5/c1-4-7-10-13-16-19-22-25-27-28-29-30-31-34-37-40-43-46-49-52-59(64)65-55(50-47-44-41-38-35-33-26-23-20-17-14-11-8-5-2)53-58(63)60-56(54-61)57(62)51-48-45-42-39-36-32-24-21-18-15-12-9-6-3/h7-8,10-11,16-17,19-20,25-27,29-30,33-34,37-38,41,47,50,55-57,61-62H,4-6,9,12-15,18,21-24,28,31-32,35-36,39-40,42-46,48-49,51-54H2,1-3H3,(H,60,63)/b10-7-,11-8+,19-16-,20-17+,27-25-,30-29-,33-26+,37-34-,41-38+,50-47+. The summed E-state index contributed by atoms with van der Waals surface area (Å²) in [6.07, 6.45) is 71.4. The van der Waals surface area contributed by atoms with Gasteiger partial charge in [0.2, 0.25) is 5.91 Å². The van der Waals surface area contributed by atoms with Gasteiger partial charge in [-0.2, -0.15) is 0 Å². The molecule has 0 aromatic heterocycles. The number of hydrogen-bond donors (Lipinski definition) is 3. The number of aliphatic hydroxyl groups is 2. The molecule has 0 aromatic carbocycles. The molecule has 0 saturated heterocycles. The van der Waals surface area contributed by atoms with Crippen molar-refractivity contribution in [2.24, 2.45) is 0 Å². The molecule has 0 aliphatic heterocycles. The Bertz CT molecular complexity index is 1380. The zero-order valence-electron chi connectivity index (χ0n) is 41.8. The van der Waals surface area contributed by atoms with Crippen molar-refractivity contribution in [2.45, 2.75) is 232 Å². The second kappa shape index (κ2) is 51.2. The largest absolute Gasteiger partial charge is 0.458 e. The van der Waals surface area contributed by atoms with Crippen LogP contribution < -0.4 is 5.32 Å². The molecule has 0 bridgehead atoms. The third-order valence-corrected chi connectivity index (χ3v) is 11.0. The maximum absolute atomic E-state index is 13.2. The average Bonchev–Trinajstić information content (AvgIpc) is 3.30. The molecule has 3 N–H and O–H groups in total. The molecule has 0 spiro atoms. The quantitative estimate of drug-likeness (QED) is 0.0321. The number of nitrogens with one attached hydrogen (secondary N) is 1. The molecular formula is C59H97NO5. The summed E-state index contributed by atoms with van der Waals surface area (Å²) in [4.78, 5) is 26.1. The molecule has 0 saturated carbocycles. The monoisotopic (exact) mass is 900 g/mol. The van der Waals surface area contributed by atoms with Crippen LogP contribution in [0.3, 0.4) is 0 Å². The lowest BCUT2D eigenvalue weighted by atomic mass is 10.0. The predicted octanol–water partition coefficient (Wildman–Crippen LogP) is 16.1. The highest BCUT2D eigenvalue weighted by Gasteiger charge is 2.23. The number of esters is 1. The molecule has 3 unspecified atom stereocenters. The molecule has 368 valence electrons. The SMILES string of the molecule is CC/C=C\C/C=C\C/C=C\C/C=C\C/C=C\CCCCCC(=O)OC(/C=C/C/C=C/C/C=C/C/C=C/C/C=C/CC)CC(=O)NC(CO)C(O)CCCCCCCCCCCCCCC. The van der Waals surface area contributed by atoms with Crippen LogP contribution in [0.15, 0.2) is 122 Å². The normalized spacial score (nSPS) is 14.2. The highest BCUT2D eigenvalue weighted by molar-refractivity contribution is 5.78. The molecule has 0 rings (SSSR count). The van der Waals surface area contributed by atoms with Crippen LogP contribution in [-0.4, -0.2) is 46.9 Å². The number of amides is 1. The van der Waals surface area contributed by atoms with Crippen molar-refractivity contribution in [1.82, 2.24) is 5.32 Å². The summed E-state index contributed by atoms with van der Waals surface area (Å²) in [5.41, 5.74) is 0. The molecule has 65 heavy (non-hydrogen) atoms. The minimum atomic E-state index is -0.832. The first-order valence-electron chi connectivity index (χ1n) is 26.3. The number of carbonyl (C=O) groups is 2. The zero-order chi connectivity index (χ0) is 47.4. The van der Waals surface area contributed by atoms with Gasteiger partial charge in [0.25, 0.3) is 0 Å². The van der Waals surface area contributed by atoms with Crippen molar-refractivity contribution >= 4 is 11.9 Å². The number of allylic oxidation sites excluding steroid dienone is 19. The maximum Gasteiger partial charge on any atom is 0.306 e. The van der Waals surface area contributed by atoms with Gasteiger partial charge in [0.05, 0.1) is 25.2 Å². The average molecular weight is 900 g/mol. The van der Waals surface area contributed by atoms with Gasteiger partial charge in [0.15, 0.2) is 0 Å². The number of rotatable bonds is 45. The van der Waals surface area contributed by atoms with Crippen LogP contribution in [0, 0.1) is 0 Å². The van der Waals surface area contributed by atoms with Gasteiger partial charge in [-0.25, -0.2) is 0 Å². The van der Waals surface area contributed by atoms with E-state index in [1.807, 2.05) is 6.08 Å². The van der Waals surface area contributed by atoms with Crippen molar-refractivity contribution in [3.63, 3.8) is 0 Å². The molecule has 0 heterocycles. The molecule has 1 amide bonds. The fourth-order valence-electron chi connectivity index (χ4n) is 7.12. The van der Waals surface area contributed by atoms with Gasteiger partial charge in [0, 0.05) is 6.42 Å². The number of hydrogen-bond acceptors (Lipinski definition) is 5. The highest BCUT2D eigenvalue weighted by atomic mass is 16.5. The number of ether oxygens (including phenoxy) is 1. The van der Waals surface area contributed by atoms with E-state index in [-0.39, 0.29) is 24.9 Å². The van der Waals surface area contributed by atoms with Crippen LogP contribution in [0.1, 0.15) is 213 Å². The van der Waals surface area contributed by atoms with E-state index in [2.05, 4.69) is 135 Å². The van der Waals surface area contributed by atoms with E-state index >= 15 is 0 Å². The van der Waals surface area contributed by atoms with E-state index in [1.54, 1.807) is 6.08 Å². The van der Waals surface area contributed by atoms with Crippen LogP contribution in [0.4, 0.5) is 0 Å². The maximum atomic E-state index is 13.2. The van der Waals surface area contributed by atoms with Crippen molar-refractivity contribution in [3.05, 3.63) is 122 Å². The van der Waals surface area contributed by atoms with Gasteiger partial charge in [-0.3, -0.25) is 9.59 Å². The molecule has 6 nitrogen and oxygen atoms in total. The summed E-state index contributed by atoms with van der Waals surface area (Å²) in [6.45, 7) is 6.20. The lowest BCUT2D eigenvalue weighted by Crippen LogP contribution is -2.46. The molecular weight excluding hydrogens is 803 g/mol. The Morgan fingerprint density at radius 2 is 0.862 bits per heavy atom. The fraction of sp³-hybridized carbons (Fsp3) is 0.627. The lowest BCUT2D eigenvalue weighted by Gasteiger charge is -2.23. The first kappa shape index (κ1) is 61.3. The summed E-state index contributed by atoms with van der Waals surface area (Å²) in [5.74, 6) is -0.677. The smallest absolute Gasteiger partial charge is 0.306 e. The first-order chi connectivity index (χ1) is 32.0. The molecule has 0 aliphatic carbocycles. The van der Waals surface area contributed by atoms with Crippen LogP contribution >= 0.6 is 0 Å². The van der Waals surface area contributed by atoms with Crippen molar-refractivity contribution < 1.29 is 24.5 Å². The van der Waals surface area contributed by atoms with E-state index in [0.717, 1.165) is 103 Å². The Hall–Kier alpha value is -3.74. The van der Waals surface area contributed by atoms with Gasteiger partial charge >= 0.3 is 5.97 Å². The van der Waals surface area contributed by atoms with E-state index in [0.29, 0.717) is 19.3 Å². The second-order valence-corrected chi connectivity index (χ2v) is 17.2. The summed E-state index contributed by atoms with van der Waals surface area (Å²) in [5, 5.41) is 23.7. The van der Waals surface area contributed by atoms with Crippen molar-refractivity contribution in [1.29, 1.82) is 0 Å². The summed E-state index contributed by atoms with van der Waals surface area (Å²) >= 11 is 0. The Kier molecular flexibility index (Phi) is 48.3. The molecule has 0 aliphatic rings. The highest BCUT2D eigenvalue weighted by Crippen LogP contribution is 2.15. The zero-order valence-corrected chi connectivity index (χ0v) is 41.8. The van der Waals surface area contributed by atoms with Gasteiger partial charge in [-0.05, 0) is 96.0 Å². The fourth-order valence-corrected chi connectivity index (χ4v) is 7.12. The minimum Gasteiger partial charge on any atom is -0.458 e. The summed E-state index contributed by atoms with van der Waals surface area (Å²) in [7, 11) is 0. The van der Waals surface area contributed by atoms with Crippen molar-refractivity contribution in [2.75, 3.05) is 6.61 Å². The molecule has 6 heteroatoms. The van der Waals surface area contributed by atoms with Crippen LogP contribution in [-0.2, 0) is 14.3 Å². The van der Waals surface area contributed by atoms with E-state index in [9.17, 15) is 19.8 Å². The summed E-state index contributed by atoms with van der Waals surface area (Å²) in [6, 6.07) is -0.757. The predicted molar refractivity (Wildman–Crippen MR) is 282 cm³/mol. The number of carbonyl (C=O) groups excluding carboxylic acids is 2. The van der Waals surface area contributed by atoms with Gasteiger partial charge in [-0.15, -0.1) is 0 Å². The Morgan fingerprint density at radius 1 is 0.477 bits per heavy atom. The van der Waals surface area contributed by atoms with E-state index in [1.165, 1.54) is 64.2 Å². The van der Waals surface area contributed by atoms with E-state index < -0.39 is 18.2 Å². The van der Waals surface area contributed by atoms with Crippen LogP contribution in [0.2, 0.25) is 0 Å². The summed E-state index contributed by atoms with van der Waals surface area (Å²) < 4.78 is 5.81. The Morgan fingerprint density at radius 3 is 1.29 bits per heavy atom. The second-order valence-electron chi connectivity index (χ2n) is 17.2. The molecule has 0 aromatic rings. The number of unbranched alkanes of at least 4 members (excludes halogenated alkanes) is 15.